The van der Waals surface area contributed by atoms with Gasteiger partial charge in [-0.05, 0) is 23.6 Å². The van der Waals surface area contributed by atoms with Crippen LogP contribution in [0.25, 0.3) is 10.8 Å². The summed E-state index contributed by atoms with van der Waals surface area (Å²) in [6.45, 7) is 0.406. The van der Waals surface area contributed by atoms with Crippen molar-refractivity contribution in [2.24, 2.45) is 0 Å². The van der Waals surface area contributed by atoms with Crippen molar-refractivity contribution < 1.29 is 26.7 Å². The quantitative estimate of drug-likeness (QED) is 0.556. The van der Waals surface area contributed by atoms with E-state index in [1.54, 1.807) is 0 Å². The SMILES string of the molecule is CN(C(=O)c1cnc(C(F)(F)F)c(Cl)c1)C1CNCc2[nH]c(=O)c3cc(F)c(F)cc3c21. The van der Waals surface area contributed by atoms with Crippen LogP contribution in [-0.4, -0.2) is 34.4 Å². The van der Waals surface area contributed by atoms with Crippen LogP contribution in [-0.2, 0) is 12.7 Å². The topological polar surface area (TPSA) is 78.1 Å². The predicted molar refractivity (Wildman–Crippen MR) is 105 cm³/mol. The smallest absolute Gasteiger partial charge is 0.333 e. The molecule has 4 rings (SSSR count). The van der Waals surface area contributed by atoms with E-state index in [4.69, 9.17) is 11.6 Å². The number of pyridine rings is 2. The Bertz CT molecular complexity index is 1310. The van der Waals surface area contributed by atoms with Crippen LogP contribution in [0.3, 0.4) is 0 Å². The molecule has 0 aliphatic carbocycles. The molecule has 1 aliphatic heterocycles. The second kappa shape index (κ2) is 7.82. The largest absolute Gasteiger partial charge is 0.434 e. The maximum atomic E-state index is 14.0. The fourth-order valence-electron chi connectivity index (χ4n) is 3.79. The fraction of sp³-hybridized carbons (Fsp3) is 0.250. The van der Waals surface area contributed by atoms with Crippen LogP contribution < -0.4 is 10.9 Å². The van der Waals surface area contributed by atoms with Gasteiger partial charge >= 0.3 is 6.18 Å². The number of nitrogens with zero attached hydrogens (tertiary/aromatic N) is 2. The highest BCUT2D eigenvalue weighted by molar-refractivity contribution is 6.31. The van der Waals surface area contributed by atoms with Gasteiger partial charge in [0.15, 0.2) is 17.3 Å². The zero-order chi connectivity index (χ0) is 23.4. The minimum Gasteiger partial charge on any atom is -0.333 e. The van der Waals surface area contributed by atoms with Gasteiger partial charge in [0.2, 0.25) is 0 Å². The first-order chi connectivity index (χ1) is 15.0. The van der Waals surface area contributed by atoms with Crippen molar-refractivity contribution in [1.29, 1.82) is 0 Å². The molecule has 6 nitrogen and oxygen atoms in total. The van der Waals surface area contributed by atoms with E-state index in [0.717, 1.165) is 24.4 Å². The summed E-state index contributed by atoms with van der Waals surface area (Å²) in [7, 11) is 1.40. The molecule has 0 saturated carbocycles. The van der Waals surface area contributed by atoms with Gasteiger partial charge in [-0.3, -0.25) is 9.59 Å². The minimum atomic E-state index is -4.78. The number of likely N-dealkylation sites (N-methyl/N-ethyl adjacent to an activating group) is 1. The third-order valence-corrected chi connectivity index (χ3v) is 5.59. The van der Waals surface area contributed by atoms with E-state index < -0.39 is 46.0 Å². The molecule has 0 radical (unpaired) electrons. The summed E-state index contributed by atoms with van der Waals surface area (Å²) in [5, 5.41) is 2.33. The molecule has 12 heteroatoms. The first kappa shape index (κ1) is 22.2. The molecule has 32 heavy (non-hydrogen) atoms. The predicted octanol–water partition coefficient (Wildman–Crippen LogP) is 3.79. The standard InChI is InChI=1S/C20H14ClF5N4O2/c1-30(19(32)8-2-11(21)17(28-5-8)20(24,25)26)15-7-27-6-14-16(15)9-3-12(22)13(23)4-10(9)18(31)29-14/h2-5,15,27H,6-7H2,1H3,(H,29,31). The first-order valence-corrected chi connectivity index (χ1v) is 9.61. The molecule has 0 saturated heterocycles. The summed E-state index contributed by atoms with van der Waals surface area (Å²) in [5.74, 6) is -3.05. The first-order valence-electron chi connectivity index (χ1n) is 9.23. The number of fused-ring (bicyclic) bond motifs is 3. The van der Waals surface area contributed by atoms with Gasteiger partial charge < -0.3 is 15.2 Å². The minimum absolute atomic E-state index is 0.0883. The van der Waals surface area contributed by atoms with Crippen molar-refractivity contribution in [1.82, 2.24) is 20.2 Å². The molecule has 1 aliphatic rings. The number of alkyl halides is 3. The van der Waals surface area contributed by atoms with Gasteiger partial charge in [-0.2, -0.15) is 13.2 Å². The Morgan fingerprint density at radius 2 is 1.84 bits per heavy atom. The van der Waals surface area contributed by atoms with Crippen LogP contribution in [0.5, 0.6) is 0 Å². The second-order valence-corrected chi connectivity index (χ2v) is 7.68. The van der Waals surface area contributed by atoms with Crippen LogP contribution in [0.15, 0.2) is 29.2 Å². The number of aromatic amines is 1. The van der Waals surface area contributed by atoms with Crippen molar-refractivity contribution in [3.05, 3.63) is 73.9 Å². The molecule has 2 N–H and O–H groups in total. The molecule has 0 fully saturated rings. The number of halogens is 6. The number of aromatic nitrogens is 2. The molecule has 1 unspecified atom stereocenters. The molecule has 0 spiro atoms. The second-order valence-electron chi connectivity index (χ2n) is 7.27. The summed E-state index contributed by atoms with van der Waals surface area (Å²) in [4.78, 5) is 32.4. The summed E-state index contributed by atoms with van der Waals surface area (Å²) in [6.07, 6.45) is -4.01. The number of carbonyl (C=O) groups excluding carboxylic acids is 1. The third-order valence-electron chi connectivity index (χ3n) is 5.30. The summed E-state index contributed by atoms with van der Waals surface area (Å²) in [5.41, 5.74) is -1.34. The molecule has 0 bridgehead atoms. The van der Waals surface area contributed by atoms with E-state index in [2.05, 4.69) is 15.3 Å². The van der Waals surface area contributed by atoms with Gasteiger partial charge in [0, 0.05) is 37.6 Å². The van der Waals surface area contributed by atoms with Crippen molar-refractivity contribution in [2.45, 2.75) is 18.8 Å². The average molecular weight is 473 g/mol. The number of rotatable bonds is 2. The number of nitrogens with one attached hydrogen (secondary N) is 2. The molecule has 2 aromatic heterocycles. The third kappa shape index (κ3) is 3.71. The van der Waals surface area contributed by atoms with E-state index in [1.165, 1.54) is 11.9 Å². The van der Waals surface area contributed by atoms with E-state index in [-0.39, 0.29) is 29.4 Å². The molecule has 168 valence electrons. The Morgan fingerprint density at radius 1 is 1.19 bits per heavy atom. The number of hydrogen-bond donors (Lipinski definition) is 2. The Kier molecular flexibility index (Phi) is 5.41. The fourth-order valence-corrected chi connectivity index (χ4v) is 4.06. The van der Waals surface area contributed by atoms with E-state index in [0.29, 0.717) is 11.3 Å². The van der Waals surface area contributed by atoms with Crippen LogP contribution in [0.4, 0.5) is 22.0 Å². The van der Waals surface area contributed by atoms with Gasteiger partial charge in [-0.25, -0.2) is 13.8 Å². The van der Waals surface area contributed by atoms with Crippen molar-refractivity contribution >= 4 is 28.3 Å². The van der Waals surface area contributed by atoms with Gasteiger partial charge in [-0.15, -0.1) is 0 Å². The zero-order valence-corrected chi connectivity index (χ0v) is 17.0. The maximum Gasteiger partial charge on any atom is 0.434 e. The van der Waals surface area contributed by atoms with Gasteiger partial charge in [0.05, 0.1) is 22.0 Å². The number of benzene rings is 1. The Balaban J connectivity index is 1.79. The zero-order valence-electron chi connectivity index (χ0n) is 16.3. The lowest BCUT2D eigenvalue weighted by atomic mass is 9.93. The lowest BCUT2D eigenvalue weighted by Gasteiger charge is -2.34. The van der Waals surface area contributed by atoms with Crippen LogP contribution in [0.2, 0.25) is 5.02 Å². The van der Waals surface area contributed by atoms with Crippen LogP contribution >= 0.6 is 11.6 Å². The molecule has 1 amide bonds. The summed E-state index contributed by atoms with van der Waals surface area (Å²) in [6, 6.07) is 1.79. The Hall–Kier alpha value is -3.05. The molecule has 3 aromatic rings. The van der Waals surface area contributed by atoms with E-state index in [1.807, 2.05) is 0 Å². The lowest BCUT2D eigenvalue weighted by Crippen LogP contribution is -2.42. The molecule has 1 aromatic carbocycles. The number of H-pyrrole nitrogens is 1. The number of hydrogen-bond acceptors (Lipinski definition) is 4. The molecular formula is C20H14ClF5N4O2. The van der Waals surface area contributed by atoms with Crippen LogP contribution in [0.1, 0.15) is 33.4 Å². The van der Waals surface area contributed by atoms with Gasteiger partial charge in [0.25, 0.3) is 11.5 Å². The maximum absolute atomic E-state index is 14.0. The van der Waals surface area contributed by atoms with E-state index in [9.17, 15) is 31.5 Å². The lowest BCUT2D eigenvalue weighted by molar-refractivity contribution is -0.141. The van der Waals surface area contributed by atoms with Crippen molar-refractivity contribution in [3.8, 4) is 0 Å². The van der Waals surface area contributed by atoms with Gasteiger partial charge in [0.1, 0.15) is 0 Å². The number of carbonyl (C=O) groups is 1. The number of amides is 1. The summed E-state index contributed by atoms with van der Waals surface area (Å²) >= 11 is 5.67. The van der Waals surface area contributed by atoms with E-state index >= 15 is 0 Å². The highest BCUT2D eigenvalue weighted by Crippen LogP contribution is 2.35. The highest BCUT2D eigenvalue weighted by atomic mass is 35.5. The molecule has 1 atom stereocenters. The molecule has 3 heterocycles. The average Bonchev–Trinajstić information content (AvgIpc) is 2.72. The normalized spacial score (nSPS) is 16.2. The highest BCUT2D eigenvalue weighted by Gasteiger charge is 2.36. The summed E-state index contributed by atoms with van der Waals surface area (Å²) < 4.78 is 66.4. The Morgan fingerprint density at radius 3 is 2.47 bits per heavy atom. The van der Waals surface area contributed by atoms with Gasteiger partial charge in [-0.1, -0.05) is 11.6 Å². The van der Waals surface area contributed by atoms with Crippen molar-refractivity contribution in [2.75, 3.05) is 13.6 Å². The monoisotopic (exact) mass is 472 g/mol. The molecular weight excluding hydrogens is 459 g/mol. The van der Waals surface area contributed by atoms with Crippen LogP contribution in [0, 0.1) is 11.6 Å². The Labute approximate surface area is 182 Å². The van der Waals surface area contributed by atoms with Crippen molar-refractivity contribution in [3.63, 3.8) is 0 Å².